The Kier molecular flexibility index (Phi) is 4.00. The number of carbonyl (C=O) groups excluding carboxylic acids is 1. The number of rotatable bonds is 4. The number of hydrogen-bond acceptors (Lipinski definition) is 5. The molecule has 1 aromatic rings. The van der Waals surface area contributed by atoms with Gasteiger partial charge in [0.25, 0.3) is 5.91 Å². The molecule has 1 unspecified atom stereocenters. The summed E-state index contributed by atoms with van der Waals surface area (Å²) in [7, 11) is -1.52. The van der Waals surface area contributed by atoms with Crippen molar-refractivity contribution < 1.29 is 13.2 Å². The molecule has 18 heavy (non-hydrogen) atoms. The molecule has 0 aliphatic heterocycles. The van der Waals surface area contributed by atoms with Crippen LogP contribution in [0.4, 0.5) is 5.69 Å². The van der Waals surface area contributed by atoms with Crippen molar-refractivity contribution in [2.24, 2.45) is 7.05 Å². The van der Waals surface area contributed by atoms with Crippen molar-refractivity contribution >= 4 is 21.4 Å². The van der Waals surface area contributed by atoms with Crippen LogP contribution in [0.2, 0.25) is 0 Å². The first-order valence-electron chi connectivity index (χ1n) is 5.39. The Morgan fingerprint density at radius 2 is 2.11 bits per heavy atom. The van der Waals surface area contributed by atoms with E-state index < -0.39 is 21.8 Å². The van der Waals surface area contributed by atoms with Crippen LogP contribution in [0.15, 0.2) is 0 Å². The average Bonchev–Trinajstić information content (AvgIpc) is 2.37. The molecule has 3 N–H and O–H groups in total. The van der Waals surface area contributed by atoms with Gasteiger partial charge >= 0.3 is 0 Å². The van der Waals surface area contributed by atoms with Gasteiger partial charge in [-0.1, -0.05) is 0 Å². The quantitative estimate of drug-likeness (QED) is 0.767. The normalized spacial score (nSPS) is 13.3. The molecular formula is C10H18N4O3S. The van der Waals surface area contributed by atoms with Gasteiger partial charge in [-0.25, -0.2) is 8.42 Å². The molecule has 0 radical (unpaired) electrons. The van der Waals surface area contributed by atoms with E-state index in [1.165, 1.54) is 4.68 Å². The predicted octanol–water partition coefficient (Wildman–Crippen LogP) is -0.526. The summed E-state index contributed by atoms with van der Waals surface area (Å²) in [6.07, 6.45) is 1.12. The number of aromatic nitrogens is 2. The molecule has 102 valence electrons. The summed E-state index contributed by atoms with van der Waals surface area (Å²) in [4.78, 5) is 11.9. The summed E-state index contributed by atoms with van der Waals surface area (Å²) >= 11 is 0. The van der Waals surface area contributed by atoms with Crippen LogP contribution >= 0.6 is 0 Å². The summed E-state index contributed by atoms with van der Waals surface area (Å²) in [5.74, 6) is -0.540. The molecule has 0 spiro atoms. The summed E-state index contributed by atoms with van der Waals surface area (Å²) < 4.78 is 23.6. The number of nitrogen functional groups attached to an aromatic ring is 1. The molecule has 1 aromatic heterocycles. The minimum Gasteiger partial charge on any atom is -0.395 e. The van der Waals surface area contributed by atoms with Crippen molar-refractivity contribution in [3.05, 3.63) is 11.4 Å². The standard InChI is InChI=1S/C10H18N4O3S/c1-6(5-18(4,16)17)12-10(15)9-8(11)7(2)13-14(9)3/h6H,5,11H2,1-4H3,(H,12,15). The zero-order chi connectivity index (χ0) is 14.1. The van der Waals surface area contributed by atoms with Gasteiger partial charge in [0.05, 0.1) is 17.1 Å². The van der Waals surface area contributed by atoms with Crippen molar-refractivity contribution in [2.45, 2.75) is 19.9 Å². The number of nitrogens with two attached hydrogens (primary N) is 1. The number of carbonyl (C=O) groups is 1. The van der Waals surface area contributed by atoms with Gasteiger partial charge in [0.1, 0.15) is 15.5 Å². The molecular weight excluding hydrogens is 256 g/mol. The Hall–Kier alpha value is -1.57. The molecule has 0 bridgehead atoms. The average molecular weight is 274 g/mol. The SMILES string of the molecule is Cc1nn(C)c(C(=O)NC(C)CS(C)(=O)=O)c1N. The zero-order valence-electron chi connectivity index (χ0n) is 10.9. The first-order chi connectivity index (χ1) is 8.11. The highest BCUT2D eigenvalue weighted by molar-refractivity contribution is 7.90. The summed E-state index contributed by atoms with van der Waals surface area (Å²) in [5.41, 5.74) is 6.86. The smallest absolute Gasteiger partial charge is 0.271 e. The van der Waals surface area contributed by atoms with E-state index in [2.05, 4.69) is 10.4 Å². The predicted molar refractivity (Wildman–Crippen MR) is 69.0 cm³/mol. The largest absolute Gasteiger partial charge is 0.395 e. The lowest BCUT2D eigenvalue weighted by molar-refractivity contribution is 0.0935. The Bertz CT molecular complexity index is 562. The van der Waals surface area contributed by atoms with Gasteiger partial charge in [-0.15, -0.1) is 0 Å². The third kappa shape index (κ3) is 3.46. The molecule has 1 amide bonds. The third-order valence-electron chi connectivity index (χ3n) is 2.41. The highest BCUT2D eigenvalue weighted by atomic mass is 32.2. The number of nitrogens with one attached hydrogen (secondary N) is 1. The maximum atomic E-state index is 11.9. The Morgan fingerprint density at radius 1 is 1.56 bits per heavy atom. The van der Waals surface area contributed by atoms with Crippen molar-refractivity contribution in [1.29, 1.82) is 0 Å². The lowest BCUT2D eigenvalue weighted by Gasteiger charge is -2.13. The molecule has 0 aliphatic rings. The highest BCUT2D eigenvalue weighted by Crippen LogP contribution is 2.15. The van der Waals surface area contributed by atoms with Crippen LogP contribution < -0.4 is 11.1 Å². The molecule has 0 saturated heterocycles. The molecule has 0 aromatic carbocycles. The lowest BCUT2D eigenvalue weighted by atomic mass is 10.2. The van der Waals surface area contributed by atoms with E-state index in [0.29, 0.717) is 11.4 Å². The number of nitrogens with zero attached hydrogens (tertiary/aromatic N) is 2. The van der Waals surface area contributed by atoms with Crippen LogP contribution in [0.3, 0.4) is 0 Å². The third-order valence-corrected chi connectivity index (χ3v) is 3.52. The van der Waals surface area contributed by atoms with Crippen LogP contribution in [0.25, 0.3) is 0 Å². The van der Waals surface area contributed by atoms with Crippen LogP contribution in [0.1, 0.15) is 23.1 Å². The fourth-order valence-corrected chi connectivity index (χ4v) is 2.72. The van der Waals surface area contributed by atoms with E-state index >= 15 is 0 Å². The zero-order valence-corrected chi connectivity index (χ0v) is 11.7. The first-order valence-corrected chi connectivity index (χ1v) is 7.45. The van der Waals surface area contributed by atoms with E-state index in [9.17, 15) is 13.2 Å². The van der Waals surface area contributed by atoms with Crippen molar-refractivity contribution in [2.75, 3.05) is 17.7 Å². The van der Waals surface area contributed by atoms with Crippen LogP contribution in [-0.2, 0) is 16.9 Å². The maximum Gasteiger partial charge on any atom is 0.271 e. The van der Waals surface area contributed by atoms with E-state index in [-0.39, 0.29) is 11.4 Å². The van der Waals surface area contributed by atoms with Gasteiger partial charge in [0, 0.05) is 19.3 Å². The molecule has 8 heteroatoms. The molecule has 0 aliphatic carbocycles. The topological polar surface area (TPSA) is 107 Å². The fourth-order valence-electron chi connectivity index (χ4n) is 1.73. The highest BCUT2D eigenvalue weighted by Gasteiger charge is 2.20. The van der Waals surface area contributed by atoms with E-state index in [1.807, 2.05) is 0 Å². The number of hydrogen-bond donors (Lipinski definition) is 2. The number of anilines is 1. The number of amides is 1. The lowest BCUT2D eigenvalue weighted by Crippen LogP contribution is -2.38. The van der Waals surface area contributed by atoms with Crippen molar-refractivity contribution in [1.82, 2.24) is 15.1 Å². The van der Waals surface area contributed by atoms with E-state index in [4.69, 9.17) is 5.73 Å². The Morgan fingerprint density at radius 3 is 2.50 bits per heavy atom. The Balaban J connectivity index is 2.83. The maximum absolute atomic E-state index is 11.9. The van der Waals surface area contributed by atoms with Crippen LogP contribution in [0, 0.1) is 6.92 Å². The monoisotopic (exact) mass is 274 g/mol. The van der Waals surface area contributed by atoms with Crippen molar-refractivity contribution in [3.63, 3.8) is 0 Å². The fraction of sp³-hybridized carbons (Fsp3) is 0.600. The molecule has 0 saturated carbocycles. The Labute approximate surface area is 106 Å². The van der Waals surface area contributed by atoms with E-state index in [1.54, 1.807) is 20.9 Å². The van der Waals surface area contributed by atoms with Gasteiger partial charge in [-0.05, 0) is 13.8 Å². The van der Waals surface area contributed by atoms with E-state index in [0.717, 1.165) is 6.26 Å². The summed E-state index contributed by atoms with van der Waals surface area (Å²) in [5, 5.41) is 6.61. The second-order valence-corrected chi connectivity index (χ2v) is 6.62. The van der Waals surface area contributed by atoms with Gasteiger partial charge in [0.15, 0.2) is 0 Å². The molecule has 1 atom stereocenters. The van der Waals surface area contributed by atoms with Crippen LogP contribution in [0.5, 0.6) is 0 Å². The molecule has 1 heterocycles. The first kappa shape index (κ1) is 14.5. The summed E-state index contributed by atoms with van der Waals surface area (Å²) in [6.45, 7) is 3.32. The van der Waals surface area contributed by atoms with Crippen molar-refractivity contribution in [3.8, 4) is 0 Å². The van der Waals surface area contributed by atoms with Gasteiger partial charge in [-0.3, -0.25) is 9.48 Å². The molecule has 0 fully saturated rings. The number of aryl methyl sites for hydroxylation is 2. The molecule has 7 nitrogen and oxygen atoms in total. The minimum absolute atomic E-state index is 0.116. The second-order valence-electron chi connectivity index (χ2n) is 4.44. The minimum atomic E-state index is -3.13. The molecule has 1 rings (SSSR count). The van der Waals surface area contributed by atoms with Crippen LogP contribution in [-0.4, -0.2) is 42.2 Å². The van der Waals surface area contributed by atoms with Gasteiger partial charge in [-0.2, -0.15) is 5.10 Å². The summed E-state index contributed by atoms with van der Waals surface area (Å²) in [6, 6.07) is -0.484. The van der Waals surface area contributed by atoms with Gasteiger partial charge < -0.3 is 11.1 Å². The number of sulfone groups is 1. The van der Waals surface area contributed by atoms with Gasteiger partial charge in [0.2, 0.25) is 0 Å². The second kappa shape index (κ2) is 4.97.